The Balaban J connectivity index is 1.53. The molecule has 5 heteroatoms. The number of carbonyl (C=O) groups is 1. The lowest BCUT2D eigenvalue weighted by Gasteiger charge is -2.34. The molecule has 0 spiro atoms. The summed E-state index contributed by atoms with van der Waals surface area (Å²) in [5.41, 5.74) is 2.85. The van der Waals surface area contributed by atoms with E-state index in [1.165, 1.54) is 12.1 Å². The van der Waals surface area contributed by atoms with Crippen molar-refractivity contribution in [3.05, 3.63) is 47.3 Å². The summed E-state index contributed by atoms with van der Waals surface area (Å²) < 4.78 is 7.19. The van der Waals surface area contributed by atoms with Crippen LogP contribution in [0.15, 0.2) is 30.3 Å². The highest BCUT2D eigenvalue weighted by molar-refractivity contribution is 5.92. The molecule has 2 aliphatic rings. The van der Waals surface area contributed by atoms with Gasteiger partial charge in [0, 0.05) is 12.2 Å². The number of ether oxygens (including phenoxy) is 1. The second-order valence-corrected chi connectivity index (χ2v) is 6.76. The Labute approximate surface area is 142 Å². The van der Waals surface area contributed by atoms with Crippen LogP contribution in [0.2, 0.25) is 0 Å². The summed E-state index contributed by atoms with van der Waals surface area (Å²) in [4.78, 5) is 12.7. The molecular formula is C19H23N3O2. The topological polar surface area (TPSA) is 56.1 Å². The van der Waals surface area contributed by atoms with E-state index in [0.717, 1.165) is 43.5 Å². The fourth-order valence-electron chi connectivity index (χ4n) is 3.64. The number of fused-ring (bicyclic) bond motifs is 1. The Morgan fingerprint density at radius 1 is 1.29 bits per heavy atom. The van der Waals surface area contributed by atoms with Gasteiger partial charge in [-0.1, -0.05) is 18.6 Å². The first-order valence-corrected chi connectivity index (χ1v) is 8.76. The van der Waals surface area contributed by atoms with E-state index in [0.29, 0.717) is 11.6 Å². The normalized spacial score (nSPS) is 17.9. The molecule has 1 unspecified atom stereocenters. The zero-order valence-corrected chi connectivity index (χ0v) is 14.0. The number of rotatable bonds is 5. The van der Waals surface area contributed by atoms with Crippen LogP contribution in [0.1, 0.15) is 53.5 Å². The Morgan fingerprint density at radius 3 is 2.71 bits per heavy atom. The quantitative estimate of drug-likeness (QED) is 0.919. The molecule has 2 aromatic rings. The third-order valence-corrected chi connectivity index (χ3v) is 5.28. The molecule has 0 radical (unpaired) electrons. The van der Waals surface area contributed by atoms with E-state index in [-0.39, 0.29) is 11.9 Å². The second kappa shape index (κ2) is 6.30. The SMILES string of the molecule is COc1ccc(C(NC(=O)c2cc3n(n2)CCC3)C2CCC2)cc1. The molecule has 24 heavy (non-hydrogen) atoms. The highest BCUT2D eigenvalue weighted by Gasteiger charge is 2.31. The van der Waals surface area contributed by atoms with Gasteiger partial charge in [-0.3, -0.25) is 9.48 Å². The zero-order chi connectivity index (χ0) is 16.5. The van der Waals surface area contributed by atoms with Crippen LogP contribution < -0.4 is 10.1 Å². The average Bonchev–Trinajstić information content (AvgIpc) is 3.14. The number of nitrogens with zero attached hydrogens (tertiary/aromatic N) is 2. The smallest absolute Gasteiger partial charge is 0.272 e. The minimum Gasteiger partial charge on any atom is -0.497 e. The van der Waals surface area contributed by atoms with Gasteiger partial charge >= 0.3 is 0 Å². The maximum Gasteiger partial charge on any atom is 0.272 e. The van der Waals surface area contributed by atoms with Crippen molar-refractivity contribution >= 4 is 5.91 Å². The number of benzene rings is 1. The number of methoxy groups -OCH3 is 1. The third kappa shape index (κ3) is 2.79. The second-order valence-electron chi connectivity index (χ2n) is 6.76. The number of amides is 1. The van der Waals surface area contributed by atoms with Gasteiger partial charge in [-0.2, -0.15) is 5.10 Å². The van der Waals surface area contributed by atoms with Crippen molar-refractivity contribution in [2.24, 2.45) is 5.92 Å². The Morgan fingerprint density at radius 2 is 2.08 bits per heavy atom. The monoisotopic (exact) mass is 325 g/mol. The van der Waals surface area contributed by atoms with Crippen LogP contribution in [0, 0.1) is 5.92 Å². The van der Waals surface area contributed by atoms with Crippen LogP contribution in [0.25, 0.3) is 0 Å². The molecule has 2 heterocycles. The molecule has 1 aliphatic carbocycles. The van der Waals surface area contributed by atoms with Crippen molar-refractivity contribution in [1.29, 1.82) is 0 Å². The molecule has 1 aromatic heterocycles. The van der Waals surface area contributed by atoms with E-state index in [1.54, 1.807) is 7.11 Å². The van der Waals surface area contributed by atoms with Gasteiger partial charge in [0.25, 0.3) is 5.91 Å². The lowest BCUT2D eigenvalue weighted by Crippen LogP contribution is -2.36. The number of nitrogens with one attached hydrogen (secondary N) is 1. The summed E-state index contributed by atoms with van der Waals surface area (Å²) in [6.45, 7) is 0.924. The Kier molecular flexibility index (Phi) is 4.00. The van der Waals surface area contributed by atoms with Gasteiger partial charge in [-0.25, -0.2) is 0 Å². The highest BCUT2D eigenvalue weighted by atomic mass is 16.5. The molecular weight excluding hydrogens is 302 g/mol. The van der Waals surface area contributed by atoms with E-state index in [2.05, 4.69) is 22.5 Å². The minimum atomic E-state index is -0.0652. The summed E-state index contributed by atoms with van der Waals surface area (Å²) in [6, 6.07) is 10.0. The molecule has 1 N–H and O–H groups in total. The molecule has 1 atom stereocenters. The zero-order valence-electron chi connectivity index (χ0n) is 14.0. The minimum absolute atomic E-state index is 0.0497. The third-order valence-electron chi connectivity index (χ3n) is 5.28. The predicted molar refractivity (Wildman–Crippen MR) is 91.1 cm³/mol. The van der Waals surface area contributed by atoms with Crippen LogP contribution in [-0.4, -0.2) is 22.8 Å². The van der Waals surface area contributed by atoms with E-state index < -0.39 is 0 Å². The molecule has 0 bridgehead atoms. The van der Waals surface area contributed by atoms with Gasteiger partial charge in [0.15, 0.2) is 0 Å². The van der Waals surface area contributed by atoms with Gasteiger partial charge in [0.1, 0.15) is 11.4 Å². The summed E-state index contributed by atoms with van der Waals surface area (Å²) in [6.07, 6.45) is 5.71. The summed E-state index contributed by atoms with van der Waals surface area (Å²) in [5, 5.41) is 7.67. The summed E-state index contributed by atoms with van der Waals surface area (Å²) in [7, 11) is 1.66. The molecule has 5 nitrogen and oxygen atoms in total. The van der Waals surface area contributed by atoms with Crippen molar-refractivity contribution in [2.75, 3.05) is 7.11 Å². The first-order valence-electron chi connectivity index (χ1n) is 8.76. The van der Waals surface area contributed by atoms with Crippen molar-refractivity contribution in [3.8, 4) is 5.75 Å². The number of aromatic nitrogens is 2. The number of carbonyl (C=O) groups excluding carboxylic acids is 1. The first-order chi connectivity index (χ1) is 11.7. The van der Waals surface area contributed by atoms with Crippen LogP contribution in [0.4, 0.5) is 0 Å². The van der Waals surface area contributed by atoms with Gasteiger partial charge in [-0.15, -0.1) is 0 Å². The van der Waals surface area contributed by atoms with Crippen molar-refractivity contribution in [2.45, 2.75) is 44.7 Å². The Hall–Kier alpha value is -2.30. The molecule has 1 fully saturated rings. The van der Waals surface area contributed by atoms with E-state index in [1.807, 2.05) is 22.9 Å². The highest BCUT2D eigenvalue weighted by Crippen LogP contribution is 2.38. The van der Waals surface area contributed by atoms with E-state index in [9.17, 15) is 4.79 Å². The maximum atomic E-state index is 12.7. The summed E-state index contributed by atoms with van der Waals surface area (Å²) in [5.74, 6) is 1.28. The largest absolute Gasteiger partial charge is 0.497 e. The maximum absolute atomic E-state index is 12.7. The van der Waals surface area contributed by atoms with Gasteiger partial charge in [0.05, 0.1) is 13.2 Å². The first kappa shape index (κ1) is 15.2. The molecule has 126 valence electrons. The number of hydrogen-bond donors (Lipinski definition) is 1. The standard InChI is InChI=1S/C19H23N3O2/c1-24-16-9-7-14(8-10-16)18(13-4-2-5-13)20-19(23)17-12-15-6-3-11-22(15)21-17/h7-10,12-13,18H,2-6,11H2,1H3,(H,20,23). The predicted octanol–water partition coefficient (Wildman–Crippen LogP) is 3.11. The fraction of sp³-hybridized carbons (Fsp3) is 0.474. The van der Waals surface area contributed by atoms with Crippen LogP contribution in [0.3, 0.4) is 0 Å². The van der Waals surface area contributed by atoms with Crippen LogP contribution in [-0.2, 0) is 13.0 Å². The average molecular weight is 325 g/mol. The Bertz CT molecular complexity index is 710. The van der Waals surface area contributed by atoms with E-state index in [4.69, 9.17) is 4.74 Å². The molecule has 1 aliphatic heterocycles. The van der Waals surface area contributed by atoms with Crippen LogP contribution >= 0.6 is 0 Å². The molecule has 1 saturated carbocycles. The van der Waals surface area contributed by atoms with Crippen molar-refractivity contribution in [3.63, 3.8) is 0 Å². The lowest BCUT2D eigenvalue weighted by molar-refractivity contribution is 0.0894. The molecule has 0 saturated heterocycles. The number of hydrogen-bond acceptors (Lipinski definition) is 3. The van der Waals surface area contributed by atoms with Gasteiger partial charge in [0.2, 0.25) is 0 Å². The van der Waals surface area contributed by atoms with Gasteiger partial charge in [-0.05, 0) is 55.4 Å². The summed E-state index contributed by atoms with van der Waals surface area (Å²) >= 11 is 0. The molecule has 4 rings (SSSR count). The van der Waals surface area contributed by atoms with E-state index >= 15 is 0 Å². The number of aryl methyl sites for hydroxylation is 2. The van der Waals surface area contributed by atoms with Gasteiger partial charge < -0.3 is 10.1 Å². The van der Waals surface area contributed by atoms with Crippen molar-refractivity contribution in [1.82, 2.24) is 15.1 Å². The van der Waals surface area contributed by atoms with Crippen molar-refractivity contribution < 1.29 is 9.53 Å². The van der Waals surface area contributed by atoms with Crippen LogP contribution in [0.5, 0.6) is 5.75 Å². The fourth-order valence-corrected chi connectivity index (χ4v) is 3.64. The molecule has 1 amide bonds. The lowest BCUT2D eigenvalue weighted by atomic mass is 9.77. The molecule has 1 aromatic carbocycles.